The molecule has 1 fully saturated rings. The van der Waals surface area contributed by atoms with Crippen molar-refractivity contribution < 1.29 is 9.59 Å². The maximum absolute atomic E-state index is 12.7. The molecule has 0 saturated heterocycles. The molecule has 6 heteroatoms. The summed E-state index contributed by atoms with van der Waals surface area (Å²) in [5, 5.41) is 4.75. The quantitative estimate of drug-likeness (QED) is 0.864. The average molecular weight is 346 g/mol. The lowest BCUT2D eigenvalue weighted by molar-refractivity contribution is -0.124. The number of aryl methyl sites for hydroxylation is 2. The summed E-state index contributed by atoms with van der Waals surface area (Å²) in [6.07, 6.45) is 4.17. The first-order chi connectivity index (χ1) is 11.4. The minimum atomic E-state index is -0.656. The van der Waals surface area contributed by atoms with Crippen LogP contribution in [0.2, 0.25) is 5.02 Å². The van der Waals surface area contributed by atoms with E-state index in [0.717, 1.165) is 22.4 Å². The lowest BCUT2D eigenvalue weighted by Gasteiger charge is -2.17. The molecule has 0 bridgehead atoms. The molecule has 1 heterocycles. The molecule has 2 atom stereocenters. The van der Waals surface area contributed by atoms with Gasteiger partial charge in [0.1, 0.15) is 11.7 Å². The number of carbonyl (C=O) groups is 2. The van der Waals surface area contributed by atoms with E-state index in [4.69, 9.17) is 17.3 Å². The first-order valence-corrected chi connectivity index (χ1v) is 8.38. The van der Waals surface area contributed by atoms with Gasteiger partial charge in [0.25, 0.3) is 0 Å². The average Bonchev–Trinajstić information content (AvgIpc) is 3.06. The molecule has 2 aromatic rings. The lowest BCUT2D eigenvalue weighted by Crippen LogP contribution is -2.19. The Morgan fingerprint density at radius 3 is 2.50 bits per heavy atom. The second-order valence-corrected chi connectivity index (χ2v) is 6.81. The smallest absolute Gasteiger partial charge is 0.151 e. The predicted molar refractivity (Wildman–Crippen MR) is 92.6 cm³/mol. The summed E-state index contributed by atoms with van der Waals surface area (Å²) in [6, 6.07) is 3.87. The van der Waals surface area contributed by atoms with Crippen molar-refractivity contribution in [2.24, 2.45) is 11.7 Å². The van der Waals surface area contributed by atoms with E-state index in [0.29, 0.717) is 24.4 Å². The molecule has 1 saturated carbocycles. The zero-order valence-electron chi connectivity index (χ0n) is 13.8. The molecule has 1 aliphatic rings. The van der Waals surface area contributed by atoms with E-state index < -0.39 is 5.92 Å². The number of carbonyl (C=O) groups excluding carboxylic acids is 2. The number of benzene rings is 1. The minimum absolute atomic E-state index is 0.000432. The Bertz CT molecular complexity index is 789. The molecule has 1 aromatic carbocycles. The Hall–Kier alpha value is -1.98. The fourth-order valence-corrected chi connectivity index (χ4v) is 3.72. The van der Waals surface area contributed by atoms with E-state index in [-0.39, 0.29) is 17.5 Å². The summed E-state index contributed by atoms with van der Waals surface area (Å²) >= 11 is 5.93. The molecule has 0 aliphatic heterocycles. The van der Waals surface area contributed by atoms with Crippen molar-refractivity contribution in [1.82, 2.24) is 9.78 Å². The summed E-state index contributed by atoms with van der Waals surface area (Å²) in [5.41, 5.74) is 9.07. The third-order valence-corrected chi connectivity index (χ3v) is 4.85. The maximum Gasteiger partial charge on any atom is 0.151 e. The van der Waals surface area contributed by atoms with Gasteiger partial charge in [-0.25, -0.2) is 4.68 Å². The number of ketones is 2. The van der Waals surface area contributed by atoms with Crippen LogP contribution in [0.3, 0.4) is 0 Å². The highest BCUT2D eigenvalue weighted by Crippen LogP contribution is 2.37. The zero-order chi connectivity index (χ0) is 17.4. The number of hydrogen-bond donors (Lipinski definition) is 1. The third-order valence-electron chi connectivity index (χ3n) is 4.65. The number of rotatable bonds is 4. The molecule has 126 valence electrons. The maximum atomic E-state index is 12.7. The van der Waals surface area contributed by atoms with Crippen molar-refractivity contribution in [3.63, 3.8) is 0 Å². The summed E-state index contributed by atoms with van der Waals surface area (Å²) < 4.78 is 1.68. The number of Topliss-reactive ketones (excluding diaryl/α,β-unsaturated/α-hetero) is 2. The number of halogens is 1. The molecule has 3 rings (SSSR count). The molecule has 0 amide bonds. The molecule has 1 aromatic heterocycles. The van der Waals surface area contributed by atoms with Crippen LogP contribution < -0.4 is 5.73 Å². The number of aromatic nitrogens is 2. The van der Waals surface area contributed by atoms with Crippen LogP contribution in [-0.2, 0) is 9.59 Å². The van der Waals surface area contributed by atoms with Crippen LogP contribution in [0.25, 0.3) is 5.69 Å². The molecule has 2 N–H and O–H groups in total. The molecule has 0 radical (unpaired) electrons. The van der Waals surface area contributed by atoms with Crippen molar-refractivity contribution in [3.05, 3.63) is 46.2 Å². The molecular formula is C18H20ClN3O2. The van der Waals surface area contributed by atoms with E-state index in [2.05, 4.69) is 5.10 Å². The number of nitrogens with zero attached hydrogens (tertiary/aromatic N) is 2. The van der Waals surface area contributed by atoms with Crippen molar-refractivity contribution in [2.75, 3.05) is 6.54 Å². The summed E-state index contributed by atoms with van der Waals surface area (Å²) in [4.78, 5) is 25.1. The van der Waals surface area contributed by atoms with Gasteiger partial charge in [-0.1, -0.05) is 11.6 Å². The van der Waals surface area contributed by atoms with Crippen LogP contribution in [0.4, 0.5) is 0 Å². The van der Waals surface area contributed by atoms with E-state index >= 15 is 0 Å². The van der Waals surface area contributed by atoms with E-state index in [9.17, 15) is 9.59 Å². The van der Waals surface area contributed by atoms with Crippen molar-refractivity contribution in [3.8, 4) is 5.69 Å². The van der Waals surface area contributed by atoms with Crippen LogP contribution in [0, 0.1) is 19.8 Å². The largest absolute Gasteiger partial charge is 0.330 e. The predicted octanol–water partition coefficient (Wildman–Crippen LogP) is 2.73. The van der Waals surface area contributed by atoms with Crippen LogP contribution >= 0.6 is 11.6 Å². The highest BCUT2D eigenvalue weighted by molar-refractivity contribution is 6.30. The van der Waals surface area contributed by atoms with Gasteiger partial charge in [0.05, 0.1) is 16.9 Å². The van der Waals surface area contributed by atoms with Crippen LogP contribution in [0.5, 0.6) is 0 Å². The highest BCUT2D eigenvalue weighted by atomic mass is 35.5. The highest BCUT2D eigenvalue weighted by Gasteiger charge is 2.42. The van der Waals surface area contributed by atoms with Crippen molar-refractivity contribution >= 4 is 23.2 Å². The first-order valence-electron chi connectivity index (χ1n) is 8.00. The van der Waals surface area contributed by atoms with Gasteiger partial charge in [-0.05, 0) is 55.6 Å². The molecule has 1 aliphatic carbocycles. The second-order valence-electron chi connectivity index (χ2n) is 6.38. The normalized spacial score (nSPS) is 20.8. The Balaban J connectivity index is 2.00. The minimum Gasteiger partial charge on any atom is -0.330 e. The lowest BCUT2D eigenvalue weighted by atomic mass is 9.87. The van der Waals surface area contributed by atoms with Gasteiger partial charge in [-0.2, -0.15) is 5.10 Å². The molecule has 24 heavy (non-hydrogen) atoms. The van der Waals surface area contributed by atoms with Gasteiger partial charge in [0.2, 0.25) is 0 Å². The summed E-state index contributed by atoms with van der Waals surface area (Å²) in [7, 11) is 0. The molecule has 2 unspecified atom stereocenters. The standard InChI is InChI=1S/C18H20ClN3O2/c1-10-5-14(22-9-13(19)8-21-22)6-11(2)16(10)17-15(23)7-12(3-4-20)18(17)24/h5-6,8-9,12,17H,3-4,7,20H2,1-2H3. The second kappa shape index (κ2) is 6.49. The fraction of sp³-hybridized carbons (Fsp3) is 0.389. The van der Waals surface area contributed by atoms with Gasteiger partial charge in [-0.3, -0.25) is 9.59 Å². The van der Waals surface area contributed by atoms with Crippen LogP contribution in [0.1, 0.15) is 35.4 Å². The van der Waals surface area contributed by atoms with Gasteiger partial charge in [0, 0.05) is 18.5 Å². The third kappa shape index (κ3) is 2.89. The molecular weight excluding hydrogens is 326 g/mol. The Labute approximate surface area is 145 Å². The monoisotopic (exact) mass is 345 g/mol. The fourth-order valence-electron chi connectivity index (χ4n) is 3.59. The summed E-state index contributed by atoms with van der Waals surface area (Å²) in [6.45, 7) is 4.27. The van der Waals surface area contributed by atoms with E-state index in [1.807, 2.05) is 26.0 Å². The van der Waals surface area contributed by atoms with Gasteiger partial charge in [-0.15, -0.1) is 0 Å². The number of nitrogens with two attached hydrogens (primary N) is 1. The molecule has 5 nitrogen and oxygen atoms in total. The van der Waals surface area contributed by atoms with Gasteiger partial charge < -0.3 is 5.73 Å². The Kier molecular flexibility index (Phi) is 4.56. The van der Waals surface area contributed by atoms with E-state index in [1.165, 1.54) is 0 Å². The van der Waals surface area contributed by atoms with E-state index in [1.54, 1.807) is 17.1 Å². The van der Waals surface area contributed by atoms with Crippen molar-refractivity contribution in [2.45, 2.75) is 32.6 Å². The Morgan fingerprint density at radius 2 is 1.96 bits per heavy atom. The molecule has 0 spiro atoms. The van der Waals surface area contributed by atoms with Gasteiger partial charge >= 0.3 is 0 Å². The topological polar surface area (TPSA) is 78.0 Å². The zero-order valence-corrected chi connectivity index (χ0v) is 14.5. The van der Waals surface area contributed by atoms with Gasteiger partial charge in [0.15, 0.2) is 5.78 Å². The van der Waals surface area contributed by atoms with Crippen molar-refractivity contribution in [1.29, 1.82) is 0 Å². The van der Waals surface area contributed by atoms with Crippen LogP contribution in [-0.4, -0.2) is 27.9 Å². The SMILES string of the molecule is Cc1cc(-n2cc(Cl)cn2)cc(C)c1C1C(=O)CC(CCN)C1=O. The summed E-state index contributed by atoms with van der Waals surface area (Å²) in [5.74, 6) is -0.890. The first kappa shape index (κ1) is 16.9. The number of hydrogen-bond acceptors (Lipinski definition) is 4. The van der Waals surface area contributed by atoms with Crippen LogP contribution in [0.15, 0.2) is 24.5 Å². The Morgan fingerprint density at radius 1 is 1.29 bits per heavy atom.